The van der Waals surface area contributed by atoms with Crippen molar-refractivity contribution in [3.05, 3.63) is 12.7 Å². The summed E-state index contributed by atoms with van der Waals surface area (Å²) in [6.45, 7) is 5.79. The average molecular weight is 225 g/mol. The lowest BCUT2D eigenvalue weighted by molar-refractivity contribution is -0.151. The molecule has 0 aromatic heterocycles. The van der Waals surface area contributed by atoms with Crippen molar-refractivity contribution in [2.24, 2.45) is 10.6 Å². The Bertz CT molecular complexity index is 299. The molecular weight excluding hydrogens is 206 g/mol. The van der Waals surface area contributed by atoms with E-state index in [1.54, 1.807) is 13.0 Å². The molecule has 4 heteroatoms. The fourth-order valence-corrected chi connectivity index (χ4v) is 2.30. The van der Waals surface area contributed by atoms with E-state index in [1.165, 1.54) is 0 Å². The second-order valence-corrected chi connectivity index (χ2v) is 4.03. The summed E-state index contributed by atoms with van der Waals surface area (Å²) in [4.78, 5) is 12.0. The molecule has 1 rings (SSSR count). The molecule has 0 amide bonds. The van der Waals surface area contributed by atoms with Crippen molar-refractivity contribution in [2.45, 2.75) is 39.0 Å². The Kier molecular flexibility index (Phi) is 4.52. The number of oxime groups is 1. The normalized spacial score (nSPS) is 26.9. The van der Waals surface area contributed by atoms with Crippen LogP contribution in [0.1, 0.15) is 39.0 Å². The van der Waals surface area contributed by atoms with Gasteiger partial charge in [-0.25, -0.2) is 0 Å². The second-order valence-electron chi connectivity index (χ2n) is 4.03. The highest BCUT2D eigenvalue weighted by Gasteiger charge is 2.47. The monoisotopic (exact) mass is 225 g/mol. The Morgan fingerprint density at radius 3 is 3.06 bits per heavy atom. The van der Waals surface area contributed by atoms with Gasteiger partial charge >= 0.3 is 5.97 Å². The molecule has 0 spiro atoms. The molecule has 0 heterocycles. The summed E-state index contributed by atoms with van der Waals surface area (Å²) in [6.07, 6.45) is 5.36. The minimum atomic E-state index is -0.709. The third-order valence-electron chi connectivity index (χ3n) is 3.13. The van der Waals surface area contributed by atoms with E-state index >= 15 is 0 Å². The summed E-state index contributed by atoms with van der Waals surface area (Å²) in [6, 6.07) is 0. The van der Waals surface area contributed by atoms with Crippen LogP contribution in [0.3, 0.4) is 0 Å². The lowest BCUT2D eigenvalue weighted by Crippen LogP contribution is -2.37. The minimum Gasteiger partial charge on any atom is -0.465 e. The number of ether oxygens (including phenoxy) is 1. The molecule has 1 fully saturated rings. The first kappa shape index (κ1) is 12.7. The third kappa shape index (κ3) is 2.26. The van der Waals surface area contributed by atoms with Gasteiger partial charge in [-0.2, -0.15) is 0 Å². The molecule has 0 aromatic carbocycles. The average Bonchev–Trinajstić information content (AvgIpc) is 2.70. The smallest absolute Gasteiger partial charge is 0.317 e. The number of hydrogen-bond donors (Lipinski definition) is 1. The largest absolute Gasteiger partial charge is 0.465 e. The summed E-state index contributed by atoms with van der Waals surface area (Å²) < 4.78 is 5.09. The molecule has 90 valence electrons. The Morgan fingerprint density at radius 1 is 1.75 bits per heavy atom. The molecule has 4 nitrogen and oxygen atoms in total. The summed E-state index contributed by atoms with van der Waals surface area (Å²) >= 11 is 0. The van der Waals surface area contributed by atoms with Gasteiger partial charge in [0.2, 0.25) is 0 Å². The standard InChI is InChI=1S/C12H19NO3/c1-3-5-8-12(11(14)16-4-2)9-6-7-10(12)13-15/h3,15H,1,4-9H2,2H3/b13-10+/t12-/m1/s1. The van der Waals surface area contributed by atoms with E-state index in [9.17, 15) is 4.79 Å². The van der Waals surface area contributed by atoms with Gasteiger partial charge in [0, 0.05) is 0 Å². The highest BCUT2D eigenvalue weighted by atomic mass is 16.5. The van der Waals surface area contributed by atoms with Gasteiger partial charge in [-0.1, -0.05) is 11.2 Å². The molecule has 16 heavy (non-hydrogen) atoms. The first-order valence-corrected chi connectivity index (χ1v) is 5.70. The van der Waals surface area contributed by atoms with E-state index in [1.807, 2.05) is 0 Å². The molecule has 0 saturated heterocycles. The van der Waals surface area contributed by atoms with Crippen molar-refractivity contribution in [1.29, 1.82) is 0 Å². The van der Waals surface area contributed by atoms with E-state index in [0.29, 0.717) is 31.6 Å². The second kappa shape index (κ2) is 5.68. The molecule has 1 saturated carbocycles. The molecule has 0 aromatic rings. The van der Waals surface area contributed by atoms with Gasteiger partial charge in [0.15, 0.2) is 0 Å². The van der Waals surface area contributed by atoms with Gasteiger partial charge in [-0.3, -0.25) is 4.79 Å². The van der Waals surface area contributed by atoms with Crippen LogP contribution in [0.25, 0.3) is 0 Å². The van der Waals surface area contributed by atoms with Crippen molar-refractivity contribution in [2.75, 3.05) is 6.61 Å². The van der Waals surface area contributed by atoms with Crippen LogP contribution in [-0.4, -0.2) is 23.5 Å². The Morgan fingerprint density at radius 2 is 2.50 bits per heavy atom. The van der Waals surface area contributed by atoms with Crippen molar-refractivity contribution in [3.8, 4) is 0 Å². The van der Waals surface area contributed by atoms with Crippen LogP contribution in [0.15, 0.2) is 17.8 Å². The molecule has 1 atom stereocenters. The van der Waals surface area contributed by atoms with E-state index < -0.39 is 5.41 Å². The van der Waals surface area contributed by atoms with E-state index in [-0.39, 0.29) is 5.97 Å². The number of rotatable bonds is 5. The third-order valence-corrected chi connectivity index (χ3v) is 3.13. The molecular formula is C12H19NO3. The summed E-state index contributed by atoms with van der Waals surface area (Å²) in [5.41, 5.74) is -0.147. The number of nitrogens with zero attached hydrogens (tertiary/aromatic N) is 1. The highest BCUT2D eigenvalue weighted by molar-refractivity contribution is 6.07. The van der Waals surface area contributed by atoms with Gasteiger partial charge in [0.05, 0.1) is 12.3 Å². The maximum Gasteiger partial charge on any atom is 0.317 e. The highest BCUT2D eigenvalue weighted by Crippen LogP contribution is 2.41. The maximum atomic E-state index is 12.0. The van der Waals surface area contributed by atoms with Crippen LogP contribution in [0, 0.1) is 5.41 Å². The molecule has 1 aliphatic carbocycles. The van der Waals surface area contributed by atoms with Gasteiger partial charge in [-0.05, 0) is 39.0 Å². The molecule has 0 aliphatic heterocycles. The topological polar surface area (TPSA) is 58.9 Å². The predicted molar refractivity (Wildman–Crippen MR) is 61.6 cm³/mol. The first-order chi connectivity index (χ1) is 7.71. The van der Waals surface area contributed by atoms with Gasteiger partial charge in [-0.15, -0.1) is 6.58 Å². The number of carbonyl (C=O) groups excluding carboxylic acids is 1. The van der Waals surface area contributed by atoms with Crippen LogP contribution in [0.2, 0.25) is 0 Å². The van der Waals surface area contributed by atoms with Crippen LogP contribution in [0.4, 0.5) is 0 Å². The van der Waals surface area contributed by atoms with Crippen LogP contribution < -0.4 is 0 Å². The number of hydrogen-bond acceptors (Lipinski definition) is 4. The van der Waals surface area contributed by atoms with E-state index in [4.69, 9.17) is 9.94 Å². The number of allylic oxidation sites excluding steroid dienone is 1. The summed E-state index contributed by atoms with van der Waals surface area (Å²) in [7, 11) is 0. The zero-order valence-corrected chi connectivity index (χ0v) is 9.74. The summed E-state index contributed by atoms with van der Waals surface area (Å²) in [5.74, 6) is -0.262. The maximum absolute atomic E-state index is 12.0. The van der Waals surface area contributed by atoms with Crippen molar-refractivity contribution in [1.82, 2.24) is 0 Å². The van der Waals surface area contributed by atoms with E-state index in [0.717, 1.165) is 12.8 Å². The van der Waals surface area contributed by atoms with Crippen LogP contribution in [-0.2, 0) is 9.53 Å². The predicted octanol–water partition coefficient (Wildman–Crippen LogP) is 2.52. The van der Waals surface area contributed by atoms with Crippen LogP contribution >= 0.6 is 0 Å². The molecule has 0 radical (unpaired) electrons. The van der Waals surface area contributed by atoms with Gasteiger partial charge < -0.3 is 9.94 Å². The lowest BCUT2D eigenvalue weighted by Gasteiger charge is -2.26. The number of esters is 1. The molecule has 1 aliphatic rings. The SMILES string of the molecule is C=CCC[C@@]1(C(=O)OCC)CCC/C1=N\O. The zero-order valence-electron chi connectivity index (χ0n) is 9.74. The number of carbonyl (C=O) groups is 1. The van der Waals surface area contributed by atoms with Crippen molar-refractivity contribution >= 4 is 11.7 Å². The van der Waals surface area contributed by atoms with Crippen molar-refractivity contribution in [3.63, 3.8) is 0 Å². The fourth-order valence-electron chi connectivity index (χ4n) is 2.30. The van der Waals surface area contributed by atoms with Gasteiger partial charge in [0.1, 0.15) is 5.41 Å². The minimum absolute atomic E-state index is 0.262. The van der Waals surface area contributed by atoms with E-state index in [2.05, 4.69) is 11.7 Å². The Labute approximate surface area is 96.0 Å². The van der Waals surface area contributed by atoms with Crippen LogP contribution in [0.5, 0.6) is 0 Å². The molecule has 0 bridgehead atoms. The lowest BCUT2D eigenvalue weighted by atomic mass is 9.80. The first-order valence-electron chi connectivity index (χ1n) is 5.70. The molecule has 0 unspecified atom stereocenters. The van der Waals surface area contributed by atoms with Crippen molar-refractivity contribution < 1.29 is 14.7 Å². The Hall–Kier alpha value is -1.32. The van der Waals surface area contributed by atoms with Gasteiger partial charge in [0.25, 0.3) is 0 Å². The fraction of sp³-hybridized carbons (Fsp3) is 0.667. The zero-order chi connectivity index (χ0) is 12.0. The Balaban J connectivity index is 2.91. The summed E-state index contributed by atoms with van der Waals surface area (Å²) in [5, 5.41) is 12.3. The molecule has 1 N–H and O–H groups in total. The quantitative estimate of drug-likeness (QED) is 0.338.